The summed E-state index contributed by atoms with van der Waals surface area (Å²) < 4.78 is 0. The summed E-state index contributed by atoms with van der Waals surface area (Å²) in [6, 6.07) is 0. The van der Waals surface area contributed by atoms with E-state index < -0.39 is 0 Å². The molecule has 0 atom stereocenters. The molecule has 0 saturated carbocycles. The van der Waals surface area contributed by atoms with E-state index in [0.29, 0.717) is 0 Å². The summed E-state index contributed by atoms with van der Waals surface area (Å²) in [7, 11) is 0. The molecule has 2 heteroatoms. The van der Waals surface area contributed by atoms with E-state index in [9.17, 15) is 0 Å². The fourth-order valence-electron chi connectivity index (χ4n) is 0.250. The van der Waals surface area contributed by atoms with E-state index in [1.807, 2.05) is 0 Å². The maximum atomic E-state index is 3.68. The molecule has 0 aromatic heterocycles. The van der Waals surface area contributed by atoms with Gasteiger partial charge in [0.1, 0.15) is 0 Å². The van der Waals surface area contributed by atoms with Crippen LogP contribution in [-0.2, 0) is 19.5 Å². The smallest absolute Gasteiger partial charge is 0 e. The Labute approximate surface area is 76.2 Å². The van der Waals surface area contributed by atoms with Gasteiger partial charge >= 0.3 is 0 Å². The van der Waals surface area contributed by atoms with Crippen molar-refractivity contribution < 1.29 is 43.5 Å². The van der Waals surface area contributed by atoms with E-state index in [1.54, 1.807) is 0 Å². The molecule has 0 aliphatic heterocycles. The molecule has 0 nitrogen and oxygen atoms in total. The van der Waals surface area contributed by atoms with Crippen molar-refractivity contribution in [1.29, 1.82) is 0 Å². The van der Waals surface area contributed by atoms with Gasteiger partial charge in [-0.3, -0.25) is 0 Å². The van der Waals surface area contributed by atoms with Crippen molar-refractivity contribution in [3.63, 3.8) is 0 Å². The van der Waals surface area contributed by atoms with Gasteiger partial charge in [-0.2, -0.15) is 0 Å². The van der Waals surface area contributed by atoms with E-state index in [-0.39, 0.29) is 43.5 Å². The van der Waals surface area contributed by atoms with Gasteiger partial charge in [0.15, 0.2) is 0 Å². The van der Waals surface area contributed by atoms with E-state index >= 15 is 0 Å². The molecule has 0 spiro atoms. The van der Waals surface area contributed by atoms with Crippen molar-refractivity contribution in [3.8, 4) is 0 Å². The van der Waals surface area contributed by atoms with Crippen LogP contribution in [0.25, 0.3) is 0 Å². The molecule has 0 aliphatic carbocycles. The van der Waals surface area contributed by atoms with Gasteiger partial charge in [-0.05, 0) is 0 Å². The van der Waals surface area contributed by atoms with Gasteiger partial charge in [-0.15, -0.1) is 0 Å². The first kappa shape index (κ1) is 15.8. The summed E-state index contributed by atoms with van der Waals surface area (Å²) in [6.45, 7) is 5.85. The Morgan fingerprint density at radius 1 is 1.43 bits per heavy atom. The van der Waals surface area contributed by atoms with Crippen LogP contribution in [0.1, 0.15) is 26.2 Å². The maximum Gasteiger partial charge on any atom is 0 e. The van der Waals surface area contributed by atoms with Crippen molar-refractivity contribution >= 4 is 0 Å². The normalized spacial score (nSPS) is 6.00. The summed E-state index contributed by atoms with van der Waals surface area (Å²) in [4.78, 5) is 0. The minimum absolute atomic E-state index is 0. The summed E-state index contributed by atoms with van der Waals surface area (Å²) in [5, 5.41) is 0. The van der Waals surface area contributed by atoms with Crippen LogP contribution in [0.5, 0.6) is 0 Å². The second kappa shape index (κ2) is 15.7. The number of rotatable bonds is 2. The van der Waals surface area contributed by atoms with E-state index in [1.165, 1.54) is 12.8 Å². The zero-order chi connectivity index (χ0) is 4.12. The van der Waals surface area contributed by atoms with E-state index in [2.05, 4.69) is 13.8 Å². The fraction of sp³-hybridized carbons (Fsp3) is 0.800. The van der Waals surface area contributed by atoms with Crippen molar-refractivity contribution in [2.24, 2.45) is 0 Å². The van der Waals surface area contributed by atoms with Crippen molar-refractivity contribution in [1.82, 2.24) is 0 Å². The Bertz CT molecular complexity index is 15.6. The molecule has 0 bridgehead atoms. The van der Waals surface area contributed by atoms with Crippen molar-refractivity contribution in [2.45, 2.75) is 26.2 Å². The predicted octanol–water partition coefficient (Wildman–Crippen LogP) is -0.988. The monoisotopic (exact) mass is 262 g/mol. The molecular formula is C5H11IZn-. The molecule has 0 saturated heterocycles. The van der Waals surface area contributed by atoms with Gasteiger partial charge in [0, 0.05) is 19.5 Å². The Hall–Kier alpha value is 1.35. The zero-order valence-electron chi connectivity index (χ0n) is 4.91. The number of unbranched alkanes of at least 4 members (excludes halogenated alkanes) is 2. The standard InChI is InChI=1S/C5H11.HI.Zn/c1-3-5-4-2;;/h1,3-5H2,2H3;1H;/p-1. The summed E-state index contributed by atoms with van der Waals surface area (Å²) in [5.74, 6) is 0. The van der Waals surface area contributed by atoms with Crippen LogP contribution in [0.15, 0.2) is 0 Å². The van der Waals surface area contributed by atoms with Gasteiger partial charge < -0.3 is 24.0 Å². The maximum absolute atomic E-state index is 3.68. The zero-order valence-corrected chi connectivity index (χ0v) is 10.0. The second-order valence-corrected chi connectivity index (χ2v) is 1.21. The van der Waals surface area contributed by atoms with Crippen LogP contribution in [0, 0.1) is 6.92 Å². The third kappa shape index (κ3) is 18.7. The van der Waals surface area contributed by atoms with Crippen molar-refractivity contribution in [2.75, 3.05) is 0 Å². The Kier molecular flexibility index (Phi) is 35.3. The van der Waals surface area contributed by atoms with Crippen LogP contribution in [0.3, 0.4) is 0 Å². The molecule has 0 rings (SSSR count). The van der Waals surface area contributed by atoms with Crippen LogP contribution < -0.4 is 24.0 Å². The van der Waals surface area contributed by atoms with Gasteiger partial charge in [0.25, 0.3) is 0 Å². The van der Waals surface area contributed by atoms with Crippen LogP contribution in [0.4, 0.5) is 0 Å². The first-order valence-electron chi connectivity index (χ1n) is 2.21. The first-order chi connectivity index (χ1) is 2.41. The molecule has 0 aliphatic rings. The van der Waals surface area contributed by atoms with Gasteiger partial charge in [0.2, 0.25) is 0 Å². The quantitative estimate of drug-likeness (QED) is 0.443. The molecule has 0 amide bonds. The third-order valence-corrected chi connectivity index (χ3v) is 0.604. The topological polar surface area (TPSA) is 0 Å². The molecule has 0 fully saturated rings. The minimum atomic E-state index is 0. The summed E-state index contributed by atoms with van der Waals surface area (Å²) >= 11 is 0. The summed E-state index contributed by atoms with van der Waals surface area (Å²) in [6.07, 6.45) is 3.65. The number of halogens is 1. The molecular weight excluding hydrogens is 252 g/mol. The van der Waals surface area contributed by atoms with E-state index in [4.69, 9.17) is 0 Å². The predicted molar refractivity (Wildman–Crippen MR) is 24.9 cm³/mol. The Morgan fingerprint density at radius 3 is 1.86 bits per heavy atom. The van der Waals surface area contributed by atoms with Gasteiger partial charge in [0.05, 0.1) is 0 Å². The minimum Gasteiger partial charge on any atom is -1.00 e. The molecule has 0 heterocycles. The number of hydrogen-bond donors (Lipinski definition) is 0. The Balaban J connectivity index is -0.0000000800. The van der Waals surface area contributed by atoms with Gasteiger partial charge in [-0.1, -0.05) is 33.1 Å². The summed E-state index contributed by atoms with van der Waals surface area (Å²) in [5.41, 5.74) is 0. The fourth-order valence-corrected chi connectivity index (χ4v) is 0.250. The molecule has 1 radical (unpaired) electrons. The van der Waals surface area contributed by atoms with Crippen LogP contribution in [-0.4, -0.2) is 0 Å². The molecule has 0 N–H and O–H groups in total. The molecule has 7 heavy (non-hydrogen) atoms. The molecule has 0 aromatic carbocycles. The molecule has 0 aromatic rings. The first-order valence-corrected chi connectivity index (χ1v) is 2.21. The average Bonchev–Trinajstić information content (AvgIpc) is 1.41. The SMILES string of the molecule is [CH2]CCCC.[I-].[Zn]. The second-order valence-electron chi connectivity index (χ2n) is 1.21. The van der Waals surface area contributed by atoms with Crippen molar-refractivity contribution in [3.05, 3.63) is 6.92 Å². The van der Waals surface area contributed by atoms with Crippen LogP contribution >= 0.6 is 0 Å². The molecule has 0 unspecified atom stereocenters. The third-order valence-electron chi connectivity index (χ3n) is 0.604. The average molecular weight is 263 g/mol. The van der Waals surface area contributed by atoms with E-state index in [0.717, 1.165) is 6.42 Å². The Morgan fingerprint density at radius 2 is 1.86 bits per heavy atom. The largest absolute Gasteiger partial charge is 1.00 e. The van der Waals surface area contributed by atoms with Gasteiger partial charge in [-0.25, -0.2) is 0 Å². The van der Waals surface area contributed by atoms with Crippen LogP contribution in [0.2, 0.25) is 0 Å². The number of hydrogen-bond acceptors (Lipinski definition) is 0. The molecule has 41 valence electrons.